The molecule has 1 aromatic rings. The molecule has 5 nitrogen and oxygen atoms in total. The van der Waals surface area contributed by atoms with Gasteiger partial charge in [-0.2, -0.15) is 5.26 Å². The number of anilines is 1. The maximum Gasteiger partial charge on any atom is 0.144 e. The Morgan fingerprint density at radius 2 is 2.25 bits per heavy atom. The van der Waals surface area contributed by atoms with Crippen molar-refractivity contribution in [3.05, 3.63) is 18.1 Å². The smallest absolute Gasteiger partial charge is 0.144 e. The first kappa shape index (κ1) is 10.8. The van der Waals surface area contributed by atoms with Crippen LogP contribution in [0.15, 0.2) is 12.3 Å². The van der Waals surface area contributed by atoms with Crippen molar-refractivity contribution in [2.24, 2.45) is 11.7 Å². The van der Waals surface area contributed by atoms with Gasteiger partial charge in [-0.3, -0.25) is 0 Å². The van der Waals surface area contributed by atoms with E-state index in [9.17, 15) is 0 Å². The number of nitriles is 1. The fourth-order valence-electron chi connectivity index (χ4n) is 1.90. The molecule has 0 saturated carbocycles. The fraction of sp³-hybridized carbons (Fsp3) is 0.545. The molecule has 1 aliphatic rings. The van der Waals surface area contributed by atoms with E-state index in [1.807, 2.05) is 6.07 Å². The van der Waals surface area contributed by atoms with E-state index in [1.54, 1.807) is 6.20 Å². The van der Waals surface area contributed by atoms with Crippen molar-refractivity contribution in [1.82, 2.24) is 9.97 Å². The second-order valence-corrected chi connectivity index (χ2v) is 3.93. The molecule has 2 N–H and O–H groups in total. The molecule has 1 aliphatic heterocycles. The Bertz CT molecular complexity index is 390. The van der Waals surface area contributed by atoms with Crippen LogP contribution in [0.1, 0.15) is 18.7 Å². The highest BCUT2D eigenvalue weighted by Gasteiger charge is 2.19. The van der Waals surface area contributed by atoms with Gasteiger partial charge in [-0.25, -0.2) is 9.97 Å². The number of rotatable bonds is 2. The monoisotopic (exact) mass is 217 g/mol. The van der Waals surface area contributed by atoms with E-state index in [2.05, 4.69) is 20.9 Å². The molecule has 5 heteroatoms. The lowest BCUT2D eigenvalue weighted by Crippen LogP contribution is -2.34. The van der Waals surface area contributed by atoms with Gasteiger partial charge in [-0.05, 0) is 18.9 Å². The third-order valence-corrected chi connectivity index (χ3v) is 2.87. The Balaban J connectivity index is 2.05. The van der Waals surface area contributed by atoms with Crippen molar-refractivity contribution in [1.29, 1.82) is 5.26 Å². The number of hydrogen-bond acceptors (Lipinski definition) is 5. The number of hydrogen-bond donors (Lipinski definition) is 1. The maximum absolute atomic E-state index is 8.82. The summed E-state index contributed by atoms with van der Waals surface area (Å²) in [4.78, 5) is 10.6. The van der Waals surface area contributed by atoms with Crippen LogP contribution in [0, 0.1) is 17.2 Å². The minimum atomic E-state index is 0.201. The quantitative estimate of drug-likeness (QED) is 0.787. The van der Waals surface area contributed by atoms with E-state index < -0.39 is 0 Å². The molecule has 1 aromatic heterocycles. The predicted molar refractivity (Wildman–Crippen MR) is 60.5 cm³/mol. The number of aromatic nitrogens is 2. The van der Waals surface area contributed by atoms with Crippen molar-refractivity contribution in [2.45, 2.75) is 19.4 Å². The van der Waals surface area contributed by atoms with Gasteiger partial charge >= 0.3 is 0 Å². The first-order valence-electron chi connectivity index (χ1n) is 5.50. The summed E-state index contributed by atoms with van der Waals surface area (Å²) in [6.45, 7) is 2.14. The van der Waals surface area contributed by atoms with Crippen LogP contribution in [-0.4, -0.2) is 23.1 Å². The standard InChI is InChI=1S/C11H15N5/c12-7-9-2-5-16(6-3-9)11-1-4-14-10(8-13)15-11/h1,4,9H,2-3,5-6,8,13H2. The Hall–Kier alpha value is -1.67. The van der Waals surface area contributed by atoms with Gasteiger partial charge in [0.15, 0.2) is 0 Å². The Morgan fingerprint density at radius 1 is 1.50 bits per heavy atom. The van der Waals surface area contributed by atoms with E-state index in [0.29, 0.717) is 12.4 Å². The molecule has 1 saturated heterocycles. The molecule has 0 atom stereocenters. The van der Waals surface area contributed by atoms with Crippen LogP contribution in [0.2, 0.25) is 0 Å². The van der Waals surface area contributed by atoms with Gasteiger partial charge in [0.25, 0.3) is 0 Å². The highest BCUT2D eigenvalue weighted by molar-refractivity contribution is 5.38. The molecule has 0 amide bonds. The van der Waals surface area contributed by atoms with Gasteiger partial charge < -0.3 is 10.6 Å². The van der Waals surface area contributed by atoms with E-state index in [0.717, 1.165) is 31.7 Å². The van der Waals surface area contributed by atoms with Gasteiger partial charge in [0.2, 0.25) is 0 Å². The zero-order chi connectivity index (χ0) is 11.4. The van der Waals surface area contributed by atoms with Crippen molar-refractivity contribution in [2.75, 3.05) is 18.0 Å². The van der Waals surface area contributed by atoms with Crippen molar-refractivity contribution in [3.63, 3.8) is 0 Å². The molecule has 1 fully saturated rings. The van der Waals surface area contributed by atoms with Crippen LogP contribution in [0.25, 0.3) is 0 Å². The minimum absolute atomic E-state index is 0.201. The van der Waals surface area contributed by atoms with Crippen LogP contribution in [0.4, 0.5) is 5.82 Å². The molecule has 0 radical (unpaired) electrons. The summed E-state index contributed by atoms with van der Waals surface area (Å²) in [6.07, 6.45) is 3.57. The normalized spacial score (nSPS) is 17.1. The van der Waals surface area contributed by atoms with Crippen molar-refractivity contribution >= 4 is 5.82 Å². The Morgan fingerprint density at radius 3 is 2.88 bits per heavy atom. The lowest BCUT2D eigenvalue weighted by Gasteiger charge is -2.30. The summed E-state index contributed by atoms with van der Waals surface area (Å²) in [7, 11) is 0. The van der Waals surface area contributed by atoms with E-state index >= 15 is 0 Å². The number of piperidine rings is 1. The summed E-state index contributed by atoms with van der Waals surface area (Å²) in [5, 5.41) is 8.82. The van der Waals surface area contributed by atoms with E-state index in [1.165, 1.54) is 0 Å². The predicted octanol–water partition coefficient (Wildman–Crippen LogP) is 0.675. The summed E-state index contributed by atoms with van der Waals surface area (Å²) in [5.74, 6) is 1.79. The maximum atomic E-state index is 8.82. The summed E-state index contributed by atoms with van der Waals surface area (Å²) >= 11 is 0. The largest absolute Gasteiger partial charge is 0.356 e. The molecule has 84 valence electrons. The first-order valence-corrected chi connectivity index (χ1v) is 5.50. The summed E-state index contributed by atoms with van der Waals surface area (Å²) in [6, 6.07) is 4.21. The van der Waals surface area contributed by atoms with Crippen LogP contribution >= 0.6 is 0 Å². The molecule has 0 aromatic carbocycles. The third-order valence-electron chi connectivity index (χ3n) is 2.87. The lowest BCUT2D eigenvalue weighted by atomic mass is 9.99. The minimum Gasteiger partial charge on any atom is -0.356 e. The van der Waals surface area contributed by atoms with Gasteiger partial charge in [-0.15, -0.1) is 0 Å². The second kappa shape index (κ2) is 4.90. The highest BCUT2D eigenvalue weighted by Crippen LogP contribution is 2.20. The fourth-order valence-corrected chi connectivity index (χ4v) is 1.90. The molecule has 0 spiro atoms. The van der Waals surface area contributed by atoms with Gasteiger partial charge in [0.1, 0.15) is 11.6 Å². The van der Waals surface area contributed by atoms with Crippen LogP contribution in [0.3, 0.4) is 0 Å². The number of nitrogens with zero attached hydrogens (tertiary/aromatic N) is 4. The first-order chi connectivity index (χ1) is 7.83. The van der Waals surface area contributed by atoms with Crippen molar-refractivity contribution in [3.8, 4) is 6.07 Å². The molecular formula is C11H15N5. The summed E-state index contributed by atoms with van der Waals surface area (Å²) in [5.41, 5.74) is 5.51. The third kappa shape index (κ3) is 2.28. The summed E-state index contributed by atoms with van der Waals surface area (Å²) < 4.78 is 0. The van der Waals surface area contributed by atoms with Crippen LogP contribution < -0.4 is 10.6 Å². The van der Waals surface area contributed by atoms with Crippen LogP contribution in [0.5, 0.6) is 0 Å². The SMILES string of the molecule is N#CC1CCN(c2ccnc(CN)n2)CC1. The molecule has 0 aliphatic carbocycles. The second-order valence-electron chi connectivity index (χ2n) is 3.93. The average molecular weight is 217 g/mol. The molecule has 0 bridgehead atoms. The molecule has 2 rings (SSSR count). The van der Waals surface area contributed by atoms with Gasteiger partial charge in [0.05, 0.1) is 12.6 Å². The average Bonchev–Trinajstić information content (AvgIpc) is 2.39. The zero-order valence-electron chi connectivity index (χ0n) is 9.13. The lowest BCUT2D eigenvalue weighted by molar-refractivity contribution is 0.484. The van der Waals surface area contributed by atoms with E-state index in [4.69, 9.17) is 11.0 Å². The topological polar surface area (TPSA) is 78.8 Å². The number of nitrogens with two attached hydrogens (primary N) is 1. The molecule has 2 heterocycles. The Kier molecular flexibility index (Phi) is 3.32. The molecule has 0 unspecified atom stereocenters. The highest BCUT2D eigenvalue weighted by atomic mass is 15.2. The molecular weight excluding hydrogens is 202 g/mol. The van der Waals surface area contributed by atoms with Crippen molar-refractivity contribution < 1.29 is 0 Å². The van der Waals surface area contributed by atoms with Gasteiger partial charge in [0, 0.05) is 25.2 Å². The molecule has 16 heavy (non-hydrogen) atoms. The van der Waals surface area contributed by atoms with Gasteiger partial charge in [-0.1, -0.05) is 0 Å². The van der Waals surface area contributed by atoms with Crippen LogP contribution in [-0.2, 0) is 6.54 Å². The zero-order valence-corrected chi connectivity index (χ0v) is 9.13. The van der Waals surface area contributed by atoms with E-state index in [-0.39, 0.29) is 5.92 Å². The Labute approximate surface area is 94.9 Å².